The minimum Gasteiger partial charge on any atom is -0.307 e. The molecule has 0 saturated heterocycles. The second kappa shape index (κ2) is 4.49. The van der Waals surface area contributed by atoms with Gasteiger partial charge in [0.25, 0.3) is 0 Å². The number of hydrogen-bond acceptors (Lipinski definition) is 4. The number of tetrazole rings is 1. The van der Waals surface area contributed by atoms with Crippen molar-refractivity contribution in [2.45, 2.75) is 52.6 Å². The SMILES string of the molecule is CC1CC(C)(C)CCC1NCc1nn[nH]n1. The third-order valence-electron chi connectivity index (χ3n) is 3.61. The number of H-pyrrole nitrogens is 1. The second-order valence-electron chi connectivity index (χ2n) is 5.70. The van der Waals surface area contributed by atoms with Gasteiger partial charge in [0.05, 0.1) is 6.54 Å². The molecule has 1 aromatic rings. The number of nitrogens with one attached hydrogen (secondary N) is 2. The summed E-state index contributed by atoms with van der Waals surface area (Å²) in [5.74, 6) is 1.47. The highest BCUT2D eigenvalue weighted by molar-refractivity contribution is 4.88. The normalized spacial score (nSPS) is 29.2. The van der Waals surface area contributed by atoms with E-state index in [0.717, 1.165) is 11.7 Å². The van der Waals surface area contributed by atoms with Crippen LogP contribution in [-0.2, 0) is 6.54 Å². The Bertz CT molecular complexity index is 319. The molecule has 2 N–H and O–H groups in total. The largest absolute Gasteiger partial charge is 0.307 e. The molecule has 0 aliphatic heterocycles. The molecule has 2 unspecified atom stereocenters. The summed E-state index contributed by atoms with van der Waals surface area (Å²) in [7, 11) is 0. The van der Waals surface area contributed by atoms with E-state index in [-0.39, 0.29) is 0 Å². The molecule has 1 fully saturated rings. The molecule has 16 heavy (non-hydrogen) atoms. The molecule has 1 heterocycles. The number of aromatic amines is 1. The van der Waals surface area contributed by atoms with E-state index in [0.29, 0.717) is 18.0 Å². The molecule has 2 rings (SSSR count). The van der Waals surface area contributed by atoms with Gasteiger partial charge >= 0.3 is 0 Å². The van der Waals surface area contributed by atoms with Crippen LogP contribution >= 0.6 is 0 Å². The van der Waals surface area contributed by atoms with Crippen LogP contribution in [0, 0.1) is 11.3 Å². The van der Waals surface area contributed by atoms with Crippen LogP contribution in [0.25, 0.3) is 0 Å². The first-order chi connectivity index (χ1) is 7.57. The minimum absolute atomic E-state index is 0.504. The molecule has 0 amide bonds. The van der Waals surface area contributed by atoms with E-state index < -0.39 is 0 Å². The molecule has 0 bridgehead atoms. The van der Waals surface area contributed by atoms with Crippen molar-refractivity contribution < 1.29 is 0 Å². The smallest absolute Gasteiger partial charge is 0.188 e. The number of aromatic nitrogens is 4. The monoisotopic (exact) mass is 223 g/mol. The molecule has 1 aromatic heterocycles. The molecule has 1 aliphatic rings. The summed E-state index contributed by atoms with van der Waals surface area (Å²) in [5, 5.41) is 17.4. The summed E-state index contributed by atoms with van der Waals surface area (Å²) in [6.45, 7) is 7.76. The third kappa shape index (κ3) is 2.78. The van der Waals surface area contributed by atoms with Gasteiger partial charge in [-0.15, -0.1) is 10.2 Å². The van der Waals surface area contributed by atoms with Crippen LogP contribution in [0.2, 0.25) is 0 Å². The van der Waals surface area contributed by atoms with E-state index in [1.54, 1.807) is 0 Å². The molecule has 0 radical (unpaired) electrons. The maximum atomic E-state index is 3.94. The summed E-state index contributed by atoms with van der Waals surface area (Å²) < 4.78 is 0. The van der Waals surface area contributed by atoms with Crippen LogP contribution in [0.3, 0.4) is 0 Å². The Morgan fingerprint density at radius 2 is 2.31 bits per heavy atom. The summed E-state index contributed by atoms with van der Waals surface area (Å²) in [6.07, 6.45) is 3.82. The van der Waals surface area contributed by atoms with Gasteiger partial charge < -0.3 is 5.32 Å². The Hall–Kier alpha value is -0.970. The Kier molecular flexibility index (Phi) is 3.23. The first kappa shape index (κ1) is 11.5. The third-order valence-corrected chi connectivity index (χ3v) is 3.61. The quantitative estimate of drug-likeness (QED) is 0.815. The van der Waals surface area contributed by atoms with Crippen LogP contribution in [-0.4, -0.2) is 26.7 Å². The highest BCUT2D eigenvalue weighted by Gasteiger charge is 2.31. The van der Waals surface area contributed by atoms with Gasteiger partial charge in [-0.25, -0.2) is 0 Å². The van der Waals surface area contributed by atoms with Gasteiger partial charge in [0.2, 0.25) is 0 Å². The van der Waals surface area contributed by atoms with Gasteiger partial charge in [-0.1, -0.05) is 26.0 Å². The Morgan fingerprint density at radius 3 is 2.94 bits per heavy atom. The molecule has 1 aliphatic carbocycles. The van der Waals surface area contributed by atoms with Crippen molar-refractivity contribution >= 4 is 0 Å². The zero-order chi connectivity index (χ0) is 11.6. The molecular formula is C11H21N5. The van der Waals surface area contributed by atoms with Crippen molar-refractivity contribution in [3.63, 3.8) is 0 Å². The molecule has 2 atom stereocenters. The molecule has 5 nitrogen and oxygen atoms in total. The van der Waals surface area contributed by atoms with Crippen molar-refractivity contribution in [3.8, 4) is 0 Å². The lowest BCUT2D eigenvalue weighted by Crippen LogP contribution is -2.41. The summed E-state index contributed by atoms with van der Waals surface area (Å²) in [6, 6.07) is 0.589. The first-order valence-corrected chi connectivity index (χ1v) is 6.02. The fourth-order valence-electron chi connectivity index (χ4n) is 2.73. The Labute approximate surface area is 96.4 Å². The fourth-order valence-corrected chi connectivity index (χ4v) is 2.73. The van der Waals surface area contributed by atoms with Gasteiger partial charge in [0.15, 0.2) is 5.82 Å². The minimum atomic E-state index is 0.504. The number of nitrogens with zero attached hydrogens (tertiary/aromatic N) is 3. The zero-order valence-electron chi connectivity index (χ0n) is 10.3. The van der Waals surface area contributed by atoms with E-state index >= 15 is 0 Å². The van der Waals surface area contributed by atoms with Crippen molar-refractivity contribution in [2.75, 3.05) is 0 Å². The molecule has 5 heteroatoms. The van der Waals surface area contributed by atoms with E-state index in [1.807, 2.05) is 0 Å². The summed E-state index contributed by atoms with van der Waals surface area (Å²) >= 11 is 0. The Morgan fingerprint density at radius 1 is 1.50 bits per heavy atom. The molecular weight excluding hydrogens is 202 g/mol. The molecule has 0 aromatic carbocycles. The van der Waals surface area contributed by atoms with Gasteiger partial charge in [-0.2, -0.15) is 5.21 Å². The summed E-state index contributed by atoms with van der Waals surface area (Å²) in [4.78, 5) is 0. The van der Waals surface area contributed by atoms with Crippen molar-refractivity contribution in [2.24, 2.45) is 11.3 Å². The second-order valence-corrected chi connectivity index (χ2v) is 5.70. The molecule has 0 spiro atoms. The lowest BCUT2D eigenvalue weighted by Gasteiger charge is -2.39. The lowest BCUT2D eigenvalue weighted by atomic mass is 9.70. The maximum Gasteiger partial charge on any atom is 0.188 e. The van der Waals surface area contributed by atoms with Crippen molar-refractivity contribution in [1.82, 2.24) is 25.9 Å². The van der Waals surface area contributed by atoms with Crippen LogP contribution in [0.15, 0.2) is 0 Å². The fraction of sp³-hybridized carbons (Fsp3) is 0.909. The molecule has 1 saturated carbocycles. The van der Waals surface area contributed by atoms with E-state index in [1.165, 1.54) is 19.3 Å². The average Bonchev–Trinajstić information content (AvgIpc) is 2.68. The van der Waals surface area contributed by atoms with Crippen molar-refractivity contribution in [1.29, 1.82) is 0 Å². The van der Waals surface area contributed by atoms with Gasteiger partial charge in [0, 0.05) is 6.04 Å². The van der Waals surface area contributed by atoms with Gasteiger partial charge in [-0.05, 0) is 30.6 Å². The van der Waals surface area contributed by atoms with Crippen LogP contribution < -0.4 is 5.32 Å². The maximum absolute atomic E-state index is 3.94. The first-order valence-electron chi connectivity index (χ1n) is 6.02. The number of hydrogen-bond donors (Lipinski definition) is 2. The summed E-state index contributed by atoms with van der Waals surface area (Å²) in [5.41, 5.74) is 0.504. The van der Waals surface area contributed by atoms with Gasteiger partial charge in [0.1, 0.15) is 0 Å². The standard InChI is InChI=1S/C11H21N5/c1-8-6-11(2,3)5-4-9(8)12-7-10-13-15-16-14-10/h8-9,12H,4-7H2,1-3H3,(H,13,14,15,16). The van der Waals surface area contributed by atoms with Crippen molar-refractivity contribution in [3.05, 3.63) is 5.82 Å². The zero-order valence-corrected chi connectivity index (χ0v) is 10.3. The van der Waals surface area contributed by atoms with E-state index in [9.17, 15) is 0 Å². The Balaban J connectivity index is 1.83. The topological polar surface area (TPSA) is 66.5 Å². The highest BCUT2D eigenvalue weighted by atomic mass is 15.5. The predicted octanol–water partition coefficient (Wildman–Crippen LogP) is 1.50. The van der Waals surface area contributed by atoms with Gasteiger partial charge in [-0.3, -0.25) is 0 Å². The van der Waals surface area contributed by atoms with Crippen LogP contribution in [0.5, 0.6) is 0 Å². The lowest BCUT2D eigenvalue weighted by molar-refractivity contribution is 0.148. The molecule has 90 valence electrons. The highest BCUT2D eigenvalue weighted by Crippen LogP contribution is 2.38. The predicted molar refractivity (Wildman–Crippen MR) is 61.6 cm³/mol. The van der Waals surface area contributed by atoms with Crippen LogP contribution in [0.1, 0.15) is 45.9 Å². The average molecular weight is 223 g/mol. The van der Waals surface area contributed by atoms with E-state index in [2.05, 4.69) is 46.7 Å². The number of rotatable bonds is 3. The van der Waals surface area contributed by atoms with E-state index in [4.69, 9.17) is 0 Å². The van der Waals surface area contributed by atoms with Crippen LogP contribution in [0.4, 0.5) is 0 Å².